The number of hydrogen-bond donors (Lipinski definition) is 1. The van der Waals surface area contributed by atoms with Crippen LogP contribution in [0.15, 0.2) is 24.3 Å². The Morgan fingerprint density at radius 3 is 2.41 bits per heavy atom. The molecule has 17 heavy (non-hydrogen) atoms. The molecular weight excluding hydrogens is 265 g/mol. The van der Waals surface area contributed by atoms with Gasteiger partial charge in [-0.2, -0.15) is 0 Å². The normalized spacial score (nSPS) is 9.29. The van der Waals surface area contributed by atoms with Gasteiger partial charge in [-0.05, 0) is 18.6 Å². The second kappa shape index (κ2) is 7.14. The Labute approximate surface area is 111 Å². The van der Waals surface area contributed by atoms with Crippen molar-refractivity contribution < 1.29 is 14.7 Å². The minimum absolute atomic E-state index is 0. The molecule has 0 atom stereocenters. The van der Waals surface area contributed by atoms with Gasteiger partial charge < -0.3 is 5.11 Å². The molecule has 0 saturated heterocycles. The third-order valence-electron chi connectivity index (χ3n) is 2.03. The minimum Gasteiger partial charge on any atom is -0.465 e. The summed E-state index contributed by atoms with van der Waals surface area (Å²) in [4.78, 5) is 23.5. The summed E-state index contributed by atoms with van der Waals surface area (Å²) in [5.41, 5.74) is 0.208. The molecule has 1 rings (SSSR count). The Bertz CT molecular complexity index is 409. The average Bonchev–Trinajstić information content (AvgIpc) is 2.25. The molecule has 0 fully saturated rings. The SMILES string of the molecule is CCCN(C(=O)O)C(=O)c1ccccc1Cl.Cl. The zero-order chi connectivity index (χ0) is 12.1. The van der Waals surface area contributed by atoms with E-state index in [-0.39, 0.29) is 29.5 Å². The number of rotatable bonds is 3. The molecule has 0 heterocycles. The molecule has 2 amide bonds. The van der Waals surface area contributed by atoms with Crippen molar-refractivity contribution in [2.24, 2.45) is 0 Å². The van der Waals surface area contributed by atoms with Crippen molar-refractivity contribution in [3.05, 3.63) is 34.9 Å². The number of benzene rings is 1. The molecule has 1 aromatic carbocycles. The summed E-state index contributed by atoms with van der Waals surface area (Å²) in [5.74, 6) is -0.583. The zero-order valence-electron chi connectivity index (χ0n) is 9.22. The summed E-state index contributed by atoms with van der Waals surface area (Å²) < 4.78 is 0. The summed E-state index contributed by atoms with van der Waals surface area (Å²) in [6, 6.07) is 6.40. The highest BCUT2D eigenvalue weighted by molar-refractivity contribution is 6.34. The Kier molecular flexibility index (Phi) is 6.61. The molecule has 0 unspecified atom stereocenters. The van der Waals surface area contributed by atoms with E-state index >= 15 is 0 Å². The number of amides is 2. The van der Waals surface area contributed by atoms with Gasteiger partial charge in [0, 0.05) is 6.54 Å². The van der Waals surface area contributed by atoms with Gasteiger partial charge in [0.05, 0.1) is 10.6 Å². The van der Waals surface area contributed by atoms with Crippen LogP contribution in [-0.4, -0.2) is 28.6 Å². The van der Waals surface area contributed by atoms with Crippen molar-refractivity contribution in [1.29, 1.82) is 0 Å². The van der Waals surface area contributed by atoms with Gasteiger partial charge >= 0.3 is 6.09 Å². The summed E-state index contributed by atoms with van der Waals surface area (Å²) in [6.07, 6.45) is -0.686. The highest BCUT2D eigenvalue weighted by Gasteiger charge is 2.22. The Balaban J connectivity index is 0.00000256. The fraction of sp³-hybridized carbons (Fsp3) is 0.273. The third-order valence-corrected chi connectivity index (χ3v) is 2.36. The van der Waals surface area contributed by atoms with Gasteiger partial charge in [-0.1, -0.05) is 30.7 Å². The maximum absolute atomic E-state index is 11.9. The van der Waals surface area contributed by atoms with Crippen LogP contribution in [0.2, 0.25) is 5.02 Å². The van der Waals surface area contributed by atoms with Crippen molar-refractivity contribution in [2.75, 3.05) is 6.54 Å². The number of carbonyl (C=O) groups is 2. The molecule has 0 aliphatic rings. The van der Waals surface area contributed by atoms with Crippen LogP contribution < -0.4 is 0 Å². The largest absolute Gasteiger partial charge is 0.465 e. The first-order valence-corrected chi connectivity index (χ1v) is 5.25. The molecule has 0 radical (unpaired) electrons. The lowest BCUT2D eigenvalue weighted by Gasteiger charge is -2.16. The number of nitrogens with zero attached hydrogens (tertiary/aromatic N) is 1. The second-order valence-corrected chi connectivity index (χ2v) is 3.63. The number of carboxylic acid groups (broad SMARTS) is 1. The van der Waals surface area contributed by atoms with Crippen molar-refractivity contribution in [3.8, 4) is 0 Å². The predicted octanol–water partition coefficient (Wildman–Crippen LogP) is 3.29. The first-order chi connectivity index (χ1) is 7.57. The van der Waals surface area contributed by atoms with Crippen LogP contribution >= 0.6 is 24.0 Å². The van der Waals surface area contributed by atoms with E-state index in [2.05, 4.69) is 0 Å². The third kappa shape index (κ3) is 3.91. The van der Waals surface area contributed by atoms with Crippen LogP contribution in [0.4, 0.5) is 4.79 Å². The molecule has 6 heteroatoms. The van der Waals surface area contributed by atoms with Crippen molar-refractivity contribution in [2.45, 2.75) is 13.3 Å². The monoisotopic (exact) mass is 277 g/mol. The van der Waals surface area contributed by atoms with Crippen LogP contribution in [0.5, 0.6) is 0 Å². The average molecular weight is 278 g/mol. The Hall–Kier alpha value is -1.26. The fourth-order valence-electron chi connectivity index (χ4n) is 1.29. The highest BCUT2D eigenvalue weighted by Crippen LogP contribution is 2.17. The molecule has 1 N–H and O–H groups in total. The minimum atomic E-state index is -1.26. The van der Waals surface area contributed by atoms with Crippen LogP contribution in [-0.2, 0) is 0 Å². The van der Waals surface area contributed by atoms with Crippen LogP contribution in [0.3, 0.4) is 0 Å². The van der Waals surface area contributed by atoms with E-state index in [0.717, 1.165) is 4.90 Å². The number of imide groups is 1. The molecule has 4 nitrogen and oxygen atoms in total. The molecule has 0 aliphatic heterocycles. The number of hydrogen-bond acceptors (Lipinski definition) is 2. The number of carbonyl (C=O) groups excluding carboxylic acids is 1. The van der Waals surface area contributed by atoms with Crippen LogP contribution in [0.1, 0.15) is 23.7 Å². The van der Waals surface area contributed by atoms with Gasteiger partial charge in [-0.25, -0.2) is 9.69 Å². The first-order valence-electron chi connectivity index (χ1n) is 4.87. The van der Waals surface area contributed by atoms with Crippen LogP contribution in [0, 0.1) is 0 Å². The van der Waals surface area contributed by atoms with Gasteiger partial charge in [0.15, 0.2) is 0 Å². The van der Waals surface area contributed by atoms with Gasteiger partial charge in [0.2, 0.25) is 0 Å². The summed E-state index contributed by atoms with van der Waals surface area (Å²) in [5, 5.41) is 9.15. The van der Waals surface area contributed by atoms with E-state index in [1.54, 1.807) is 25.1 Å². The van der Waals surface area contributed by atoms with E-state index < -0.39 is 12.0 Å². The molecule has 0 aliphatic carbocycles. The number of halogens is 2. The van der Waals surface area contributed by atoms with E-state index in [9.17, 15) is 9.59 Å². The Morgan fingerprint density at radius 1 is 1.35 bits per heavy atom. The van der Waals surface area contributed by atoms with Gasteiger partial charge in [0.25, 0.3) is 5.91 Å². The smallest absolute Gasteiger partial charge is 0.414 e. The summed E-state index contributed by atoms with van der Waals surface area (Å²) in [6.45, 7) is 1.97. The molecule has 0 bridgehead atoms. The standard InChI is InChI=1S/C11H12ClNO3.ClH/c1-2-7-13(11(15)16)10(14)8-5-3-4-6-9(8)12;/h3-6H,2,7H2,1H3,(H,15,16);1H. The lowest BCUT2D eigenvalue weighted by Crippen LogP contribution is -2.36. The van der Waals surface area contributed by atoms with Crippen LogP contribution in [0.25, 0.3) is 0 Å². The van der Waals surface area contributed by atoms with Crippen molar-refractivity contribution in [1.82, 2.24) is 4.90 Å². The lowest BCUT2D eigenvalue weighted by atomic mass is 10.2. The van der Waals surface area contributed by atoms with E-state index in [1.165, 1.54) is 6.07 Å². The fourth-order valence-corrected chi connectivity index (χ4v) is 1.50. The van der Waals surface area contributed by atoms with Gasteiger partial charge in [-0.3, -0.25) is 4.79 Å². The summed E-state index contributed by atoms with van der Waals surface area (Å²) in [7, 11) is 0. The molecule has 0 saturated carbocycles. The van der Waals surface area contributed by atoms with Crippen molar-refractivity contribution in [3.63, 3.8) is 0 Å². The zero-order valence-corrected chi connectivity index (χ0v) is 10.8. The Morgan fingerprint density at radius 2 is 1.94 bits per heavy atom. The predicted molar refractivity (Wildman–Crippen MR) is 68.1 cm³/mol. The van der Waals surface area contributed by atoms with E-state index in [4.69, 9.17) is 16.7 Å². The van der Waals surface area contributed by atoms with Gasteiger partial charge in [-0.15, -0.1) is 12.4 Å². The maximum atomic E-state index is 11.9. The molecule has 1 aromatic rings. The molecule has 0 spiro atoms. The maximum Gasteiger partial charge on any atom is 0.414 e. The topological polar surface area (TPSA) is 57.6 Å². The second-order valence-electron chi connectivity index (χ2n) is 3.22. The molecule has 0 aromatic heterocycles. The van der Waals surface area contributed by atoms with Crippen molar-refractivity contribution >= 4 is 36.0 Å². The first kappa shape index (κ1) is 15.7. The van der Waals surface area contributed by atoms with E-state index in [0.29, 0.717) is 6.42 Å². The van der Waals surface area contributed by atoms with E-state index in [1.807, 2.05) is 0 Å². The quantitative estimate of drug-likeness (QED) is 0.922. The lowest BCUT2D eigenvalue weighted by molar-refractivity contribution is 0.0742. The molecule has 94 valence electrons. The van der Waals surface area contributed by atoms with Gasteiger partial charge in [0.1, 0.15) is 0 Å². The highest BCUT2D eigenvalue weighted by atomic mass is 35.5. The molecular formula is C11H13Cl2NO3. The summed E-state index contributed by atoms with van der Waals surface area (Å²) >= 11 is 5.83.